The maximum Gasteiger partial charge on any atom is 0.228 e. The molecule has 9 nitrogen and oxygen atoms in total. The van der Waals surface area contributed by atoms with E-state index >= 15 is 0 Å². The standard InChI is InChI=1S/C19H33N5O4S/c1-3-23-10-5-15(6-11-23)14-17(25)20-9-4-18-21-19(22-28-18)16-7-12-24(13-8-16)29(2,26)27/h15-16H,3-14H2,1-2H3,(H,20,25). The van der Waals surface area contributed by atoms with Gasteiger partial charge in [0.1, 0.15) is 0 Å². The number of aromatic nitrogens is 2. The lowest BCUT2D eigenvalue weighted by molar-refractivity contribution is -0.122. The lowest BCUT2D eigenvalue weighted by Crippen LogP contribution is -2.37. The third-order valence-corrected chi connectivity index (χ3v) is 7.36. The number of sulfonamides is 1. The molecule has 164 valence electrons. The zero-order chi connectivity index (χ0) is 20.9. The quantitative estimate of drug-likeness (QED) is 0.659. The minimum atomic E-state index is -3.14. The van der Waals surface area contributed by atoms with Gasteiger partial charge < -0.3 is 14.7 Å². The van der Waals surface area contributed by atoms with Crippen LogP contribution in [0.3, 0.4) is 0 Å². The molecule has 0 radical (unpaired) electrons. The molecule has 0 spiro atoms. The molecule has 2 aliphatic heterocycles. The zero-order valence-electron chi connectivity index (χ0n) is 17.5. The van der Waals surface area contributed by atoms with Crippen LogP contribution in [0.5, 0.6) is 0 Å². The zero-order valence-corrected chi connectivity index (χ0v) is 18.3. The normalized spacial score (nSPS) is 20.8. The Hall–Kier alpha value is -1.52. The average Bonchev–Trinajstić information content (AvgIpc) is 3.17. The third-order valence-electron chi connectivity index (χ3n) is 6.06. The lowest BCUT2D eigenvalue weighted by atomic mass is 9.93. The largest absolute Gasteiger partial charge is 0.356 e. The van der Waals surface area contributed by atoms with Crippen molar-refractivity contribution in [3.63, 3.8) is 0 Å². The Morgan fingerprint density at radius 1 is 1.17 bits per heavy atom. The maximum atomic E-state index is 12.2. The number of nitrogens with one attached hydrogen (secondary N) is 1. The molecule has 1 amide bonds. The van der Waals surface area contributed by atoms with E-state index in [-0.39, 0.29) is 11.8 Å². The first-order valence-corrected chi connectivity index (χ1v) is 12.5. The van der Waals surface area contributed by atoms with Gasteiger partial charge in [-0.25, -0.2) is 12.7 Å². The molecule has 0 aromatic carbocycles. The van der Waals surface area contributed by atoms with Gasteiger partial charge in [-0.2, -0.15) is 4.98 Å². The number of carbonyl (C=O) groups excluding carboxylic acids is 1. The Bertz CT molecular complexity index is 765. The fourth-order valence-corrected chi connectivity index (χ4v) is 5.01. The van der Waals surface area contributed by atoms with Gasteiger partial charge in [-0.1, -0.05) is 12.1 Å². The first-order chi connectivity index (χ1) is 13.8. The number of likely N-dealkylation sites (tertiary alicyclic amines) is 1. The summed E-state index contributed by atoms with van der Waals surface area (Å²) in [6, 6.07) is 0. The Labute approximate surface area is 173 Å². The predicted octanol–water partition coefficient (Wildman–Crippen LogP) is 0.989. The SMILES string of the molecule is CCN1CCC(CC(=O)NCCc2nc(C3CCN(S(C)(=O)=O)CC3)no2)CC1. The highest BCUT2D eigenvalue weighted by Gasteiger charge is 2.28. The summed E-state index contributed by atoms with van der Waals surface area (Å²) in [5.41, 5.74) is 0. The Balaban J connectivity index is 1.36. The van der Waals surface area contributed by atoms with Gasteiger partial charge in [0.05, 0.1) is 6.26 Å². The van der Waals surface area contributed by atoms with Gasteiger partial charge >= 0.3 is 0 Å². The van der Waals surface area contributed by atoms with Crippen LogP contribution in [0.2, 0.25) is 0 Å². The molecule has 3 rings (SSSR count). The fourth-order valence-electron chi connectivity index (χ4n) is 4.13. The third kappa shape index (κ3) is 6.48. The van der Waals surface area contributed by atoms with Crippen molar-refractivity contribution in [1.29, 1.82) is 0 Å². The van der Waals surface area contributed by atoms with Crippen molar-refractivity contribution < 1.29 is 17.7 Å². The van der Waals surface area contributed by atoms with Crippen LogP contribution in [-0.4, -0.2) is 79.2 Å². The fraction of sp³-hybridized carbons (Fsp3) is 0.842. The number of rotatable bonds is 8. The van der Waals surface area contributed by atoms with E-state index in [1.807, 2.05) is 0 Å². The summed E-state index contributed by atoms with van der Waals surface area (Å²) in [6.07, 6.45) is 5.90. The summed E-state index contributed by atoms with van der Waals surface area (Å²) in [7, 11) is -3.14. The number of hydrogen-bond donors (Lipinski definition) is 1. The maximum absolute atomic E-state index is 12.2. The van der Waals surface area contributed by atoms with Gasteiger partial charge in [-0.05, 0) is 51.2 Å². The van der Waals surface area contributed by atoms with E-state index in [4.69, 9.17) is 4.52 Å². The highest BCUT2D eigenvalue weighted by Crippen LogP contribution is 2.27. The van der Waals surface area contributed by atoms with Crippen LogP contribution in [-0.2, 0) is 21.2 Å². The van der Waals surface area contributed by atoms with E-state index in [1.165, 1.54) is 10.6 Å². The van der Waals surface area contributed by atoms with E-state index in [9.17, 15) is 13.2 Å². The van der Waals surface area contributed by atoms with Gasteiger partial charge in [-0.15, -0.1) is 0 Å². The molecule has 2 saturated heterocycles. The number of amides is 1. The second-order valence-corrected chi connectivity index (χ2v) is 10.1. The molecular weight excluding hydrogens is 394 g/mol. The Morgan fingerprint density at radius 3 is 2.48 bits per heavy atom. The van der Waals surface area contributed by atoms with Gasteiger partial charge in [0, 0.05) is 38.4 Å². The minimum Gasteiger partial charge on any atom is -0.356 e. The van der Waals surface area contributed by atoms with Crippen LogP contribution in [0.25, 0.3) is 0 Å². The topological polar surface area (TPSA) is 109 Å². The van der Waals surface area contributed by atoms with Crippen molar-refractivity contribution in [2.45, 2.75) is 51.4 Å². The monoisotopic (exact) mass is 427 g/mol. The van der Waals surface area contributed by atoms with E-state index in [1.54, 1.807) is 0 Å². The molecule has 0 aliphatic carbocycles. The Kier molecular flexibility index (Phi) is 7.64. The van der Waals surface area contributed by atoms with Gasteiger partial charge in [-0.3, -0.25) is 4.79 Å². The smallest absolute Gasteiger partial charge is 0.228 e. The molecule has 0 bridgehead atoms. The molecule has 0 atom stereocenters. The van der Waals surface area contributed by atoms with Crippen LogP contribution in [0.4, 0.5) is 0 Å². The summed E-state index contributed by atoms with van der Waals surface area (Å²) >= 11 is 0. The predicted molar refractivity (Wildman–Crippen MR) is 109 cm³/mol. The van der Waals surface area contributed by atoms with Crippen LogP contribution in [0, 0.1) is 5.92 Å². The molecule has 29 heavy (non-hydrogen) atoms. The second kappa shape index (κ2) is 9.99. The van der Waals surface area contributed by atoms with Crippen LogP contribution < -0.4 is 5.32 Å². The number of carbonyl (C=O) groups is 1. The van der Waals surface area contributed by atoms with Crippen molar-refractivity contribution >= 4 is 15.9 Å². The minimum absolute atomic E-state index is 0.0906. The molecular formula is C19H33N5O4S. The number of hydrogen-bond acceptors (Lipinski definition) is 7. The molecule has 0 unspecified atom stereocenters. The molecule has 0 saturated carbocycles. The van der Waals surface area contributed by atoms with E-state index in [0.717, 1.165) is 32.5 Å². The second-order valence-electron chi connectivity index (χ2n) is 8.16. The first kappa shape index (κ1) is 22.2. The van der Waals surface area contributed by atoms with Crippen molar-refractivity contribution in [2.24, 2.45) is 5.92 Å². The summed E-state index contributed by atoms with van der Waals surface area (Å²) in [5.74, 6) is 1.84. The van der Waals surface area contributed by atoms with E-state index in [2.05, 4.69) is 27.3 Å². The van der Waals surface area contributed by atoms with Crippen LogP contribution in [0.1, 0.15) is 56.7 Å². The van der Waals surface area contributed by atoms with Gasteiger partial charge in [0.25, 0.3) is 0 Å². The van der Waals surface area contributed by atoms with Crippen molar-refractivity contribution in [3.8, 4) is 0 Å². The lowest BCUT2D eigenvalue weighted by Gasteiger charge is -2.30. The summed E-state index contributed by atoms with van der Waals surface area (Å²) in [6.45, 7) is 6.89. The highest BCUT2D eigenvalue weighted by atomic mass is 32.2. The molecule has 1 N–H and O–H groups in total. The van der Waals surface area contributed by atoms with E-state index in [0.29, 0.717) is 63.0 Å². The molecule has 1 aromatic rings. The molecule has 2 fully saturated rings. The van der Waals surface area contributed by atoms with Crippen molar-refractivity contribution in [3.05, 3.63) is 11.7 Å². The van der Waals surface area contributed by atoms with Gasteiger partial charge in [0.2, 0.25) is 21.8 Å². The van der Waals surface area contributed by atoms with Crippen LogP contribution in [0.15, 0.2) is 4.52 Å². The van der Waals surface area contributed by atoms with Gasteiger partial charge in [0.15, 0.2) is 5.82 Å². The molecule has 2 aliphatic rings. The molecule has 1 aromatic heterocycles. The van der Waals surface area contributed by atoms with Crippen molar-refractivity contribution in [1.82, 2.24) is 24.7 Å². The first-order valence-electron chi connectivity index (χ1n) is 10.6. The highest BCUT2D eigenvalue weighted by molar-refractivity contribution is 7.88. The summed E-state index contributed by atoms with van der Waals surface area (Å²) < 4.78 is 30.0. The molecule has 10 heteroatoms. The number of nitrogens with zero attached hydrogens (tertiary/aromatic N) is 4. The molecule has 3 heterocycles. The van der Waals surface area contributed by atoms with Crippen LogP contribution >= 0.6 is 0 Å². The average molecular weight is 428 g/mol. The summed E-state index contributed by atoms with van der Waals surface area (Å²) in [4.78, 5) is 19.0. The van der Waals surface area contributed by atoms with Crippen molar-refractivity contribution in [2.75, 3.05) is 45.5 Å². The van der Waals surface area contributed by atoms with E-state index < -0.39 is 10.0 Å². The number of piperidine rings is 2. The summed E-state index contributed by atoms with van der Waals surface area (Å²) in [5, 5.41) is 7.02. The Morgan fingerprint density at radius 2 is 1.86 bits per heavy atom.